The van der Waals surface area contributed by atoms with Gasteiger partial charge >= 0.3 is 0 Å². The summed E-state index contributed by atoms with van der Waals surface area (Å²) in [4.78, 5) is 19.5. The minimum absolute atomic E-state index is 0.0412. The van der Waals surface area contributed by atoms with Crippen molar-refractivity contribution in [3.63, 3.8) is 0 Å². The van der Waals surface area contributed by atoms with Crippen LogP contribution in [0.3, 0.4) is 0 Å². The predicted octanol–water partition coefficient (Wildman–Crippen LogP) is 2.15. The lowest BCUT2D eigenvalue weighted by Gasteiger charge is -1.97. The minimum atomic E-state index is -0.619. The molecule has 78 valence electrons. The summed E-state index contributed by atoms with van der Waals surface area (Å²) in [5.74, 6) is 0. The Kier molecular flexibility index (Phi) is 3.12. The van der Waals surface area contributed by atoms with Crippen LogP contribution < -0.4 is 0 Å². The summed E-state index contributed by atoms with van der Waals surface area (Å²) in [6, 6.07) is 4.44. The van der Waals surface area contributed by atoms with E-state index < -0.39 is 9.85 Å². The summed E-state index contributed by atoms with van der Waals surface area (Å²) in [5.41, 5.74) is 0.919. The Morgan fingerprint density at radius 1 is 1.27 bits per heavy atom. The molecule has 6 heteroatoms. The third kappa shape index (κ3) is 2.87. The molecule has 1 aromatic rings. The van der Waals surface area contributed by atoms with Crippen molar-refractivity contribution in [3.05, 3.63) is 55.8 Å². The van der Waals surface area contributed by atoms with Crippen LogP contribution >= 0.6 is 0 Å². The van der Waals surface area contributed by atoms with Gasteiger partial charge < -0.3 is 0 Å². The Labute approximate surface area is 85.1 Å². The fourth-order valence-corrected chi connectivity index (χ4v) is 1.07. The standard InChI is InChI=1S/C9H8N2O4/c1-7-2-3-8(4-5-10(12)13)6-9(7)11(14)15/h2-6H,1H3. The molecule has 0 radical (unpaired) electrons. The molecule has 0 atom stereocenters. The van der Waals surface area contributed by atoms with E-state index in [2.05, 4.69) is 0 Å². The lowest BCUT2D eigenvalue weighted by Crippen LogP contribution is -1.92. The first kappa shape index (κ1) is 10.8. The van der Waals surface area contributed by atoms with Crippen LogP contribution in [0.2, 0.25) is 0 Å². The lowest BCUT2D eigenvalue weighted by atomic mass is 10.1. The van der Waals surface area contributed by atoms with Gasteiger partial charge in [0.2, 0.25) is 6.20 Å². The van der Waals surface area contributed by atoms with Gasteiger partial charge in [-0.15, -0.1) is 0 Å². The molecule has 0 aromatic heterocycles. The SMILES string of the molecule is Cc1ccc(C=C[N+](=O)[O-])cc1[N+](=O)[O-]. The van der Waals surface area contributed by atoms with Crippen molar-refractivity contribution in [1.82, 2.24) is 0 Å². The van der Waals surface area contributed by atoms with Gasteiger partial charge in [0.1, 0.15) is 0 Å². The molecule has 0 unspecified atom stereocenters. The second kappa shape index (κ2) is 4.32. The number of hydrogen-bond acceptors (Lipinski definition) is 4. The number of rotatable bonds is 3. The fraction of sp³-hybridized carbons (Fsp3) is 0.111. The van der Waals surface area contributed by atoms with Crippen molar-refractivity contribution < 1.29 is 9.85 Å². The maximum atomic E-state index is 10.6. The van der Waals surface area contributed by atoms with Gasteiger partial charge in [-0.1, -0.05) is 12.1 Å². The zero-order chi connectivity index (χ0) is 11.4. The highest BCUT2D eigenvalue weighted by molar-refractivity contribution is 5.55. The van der Waals surface area contributed by atoms with Crippen LogP contribution in [0.4, 0.5) is 5.69 Å². The average Bonchev–Trinajstić information content (AvgIpc) is 2.16. The van der Waals surface area contributed by atoms with Crippen molar-refractivity contribution in [2.24, 2.45) is 0 Å². The Balaban J connectivity index is 3.08. The molecule has 0 spiro atoms. The van der Waals surface area contributed by atoms with Crippen molar-refractivity contribution >= 4 is 11.8 Å². The molecule has 0 aliphatic carbocycles. The molecule has 1 rings (SSSR count). The van der Waals surface area contributed by atoms with E-state index in [0.717, 1.165) is 6.20 Å². The van der Waals surface area contributed by atoms with Crippen molar-refractivity contribution in [2.75, 3.05) is 0 Å². The van der Waals surface area contributed by atoms with Gasteiger partial charge in [-0.3, -0.25) is 20.2 Å². The smallest absolute Gasteiger partial charge is 0.259 e. The molecule has 0 fully saturated rings. The first-order valence-electron chi connectivity index (χ1n) is 4.07. The van der Waals surface area contributed by atoms with Crippen LogP contribution in [-0.4, -0.2) is 9.85 Å². The Morgan fingerprint density at radius 2 is 1.93 bits per heavy atom. The molecule has 0 bridgehead atoms. The van der Waals surface area contributed by atoms with E-state index in [9.17, 15) is 20.2 Å². The summed E-state index contributed by atoms with van der Waals surface area (Å²) in [6.45, 7) is 1.61. The van der Waals surface area contributed by atoms with Gasteiger partial charge in [0, 0.05) is 17.7 Å². The summed E-state index contributed by atoms with van der Waals surface area (Å²) in [6.07, 6.45) is 1.96. The summed E-state index contributed by atoms with van der Waals surface area (Å²) < 4.78 is 0. The van der Waals surface area contributed by atoms with Gasteiger partial charge in [0.25, 0.3) is 5.69 Å². The number of benzene rings is 1. The molecule has 0 aliphatic heterocycles. The van der Waals surface area contributed by atoms with Gasteiger partial charge in [-0.2, -0.15) is 0 Å². The molecule has 0 saturated carbocycles. The fourth-order valence-electron chi connectivity index (χ4n) is 1.07. The monoisotopic (exact) mass is 208 g/mol. The highest BCUT2D eigenvalue weighted by Gasteiger charge is 2.09. The summed E-state index contributed by atoms with van der Waals surface area (Å²) in [7, 11) is 0. The first-order valence-corrected chi connectivity index (χ1v) is 4.07. The molecular weight excluding hydrogens is 200 g/mol. The minimum Gasteiger partial charge on any atom is -0.259 e. The lowest BCUT2D eigenvalue weighted by molar-refractivity contribution is -0.400. The molecule has 0 amide bonds. The van der Waals surface area contributed by atoms with Gasteiger partial charge in [0.15, 0.2) is 0 Å². The normalized spacial score (nSPS) is 10.5. The van der Waals surface area contributed by atoms with E-state index in [1.807, 2.05) is 0 Å². The number of nitro benzene ring substituents is 1. The van der Waals surface area contributed by atoms with Crippen LogP contribution in [0.5, 0.6) is 0 Å². The van der Waals surface area contributed by atoms with Crippen LogP contribution in [0.1, 0.15) is 11.1 Å². The van der Waals surface area contributed by atoms with Crippen molar-refractivity contribution in [3.8, 4) is 0 Å². The third-order valence-corrected chi connectivity index (χ3v) is 1.82. The van der Waals surface area contributed by atoms with E-state index in [1.54, 1.807) is 19.1 Å². The highest BCUT2D eigenvalue weighted by Crippen LogP contribution is 2.19. The number of nitrogens with zero attached hydrogens (tertiary/aromatic N) is 2. The summed E-state index contributed by atoms with van der Waals surface area (Å²) in [5, 5.41) is 20.6. The van der Waals surface area contributed by atoms with E-state index in [0.29, 0.717) is 11.1 Å². The topological polar surface area (TPSA) is 86.3 Å². The maximum absolute atomic E-state index is 10.6. The number of hydrogen-bond donors (Lipinski definition) is 0. The van der Waals surface area contributed by atoms with Crippen LogP contribution in [0.15, 0.2) is 24.4 Å². The molecule has 0 heterocycles. The van der Waals surface area contributed by atoms with Crippen LogP contribution in [-0.2, 0) is 0 Å². The van der Waals surface area contributed by atoms with Gasteiger partial charge in [-0.05, 0) is 12.5 Å². The second-order valence-corrected chi connectivity index (χ2v) is 2.90. The number of nitro groups is 2. The molecule has 1 aromatic carbocycles. The van der Waals surface area contributed by atoms with E-state index in [1.165, 1.54) is 12.1 Å². The molecule has 0 N–H and O–H groups in total. The second-order valence-electron chi connectivity index (χ2n) is 2.90. The van der Waals surface area contributed by atoms with E-state index in [4.69, 9.17) is 0 Å². The van der Waals surface area contributed by atoms with E-state index >= 15 is 0 Å². The van der Waals surface area contributed by atoms with E-state index in [-0.39, 0.29) is 5.69 Å². The zero-order valence-corrected chi connectivity index (χ0v) is 7.91. The largest absolute Gasteiger partial charge is 0.272 e. The van der Waals surface area contributed by atoms with Crippen molar-refractivity contribution in [2.45, 2.75) is 6.92 Å². The summed E-state index contributed by atoms with van der Waals surface area (Å²) >= 11 is 0. The Hall–Kier alpha value is -2.24. The Morgan fingerprint density at radius 3 is 2.47 bits per heavy atom. The highest BCUT2D eigenvalue weighted by atomic mass is 16.6. The number of aryl methyl sites for hydroxylation is 1. The molecule has 0 saturated heterocycles. The molecular formula is C9H8N2O4. The first-order chi connectivity index (χ1) is 7.00. The molecule has 15 heavy (non-hydrogen) atoms. The molecule has 0 aliphatic rings. The van der Waals surface area contributed by atoms with Crippen LogP contribution in [0.25, 0.3) is 6.08 Å². The zero-order valence-electron chi connectivity index (χ0n) is 7.91. The average molecular weight is 208 g/mol. The van der Waals surface area contributed by atoms with Gasteiger partial charge in [0.05, 0.1) is 9.85 Å². The quantitative estimate of drug-likeness (QED) is 0.562. The van der Waals surface area contributed by atoms with Crippen LogP contribution in [0, 0.1) is 27.2 Å². The Bertz CT molecular complexity index is 440. The third-order valence-electron chi connectivity index (χ3n) is 1.82. The van der Waals surface area contributed by atoms with Gasteiger partial charge in [-0.25, -0.2) is 0 Å². The maximum Gasteiger partial charge on any atom is 0.272 e. The van der Waals surface area contributed by atoms with Crippen molar-refractivity contribution in [1.29, 1.82) is 0 Å². The predicted molar refractivity (Wildman–Crippen MR) is 53.9 cm³/mol. The molecule has 6 nitrogen and oxygen atoms in total.